The Balaban J connectivity index is -0.0000000267. The van der Waals surface area contributed by atoms with Crippen LogP contribution in [0.2, 0.25) is 0 Å². The first-order valence-corrected chi connectivity index (χ1v) is 2.19. The summed E-state index contributed by atoms with van der Waals surface area (Å²) in [5, 5.41) is 0. The predicted molar refractivity (Wildman–Crippen MR) is 10.1 cm³/mol. The second-order valence-corrected chi connectivity index (χ2v) is 1.34. The van der Waals surface area contributed by atoms with Gasteiger partial charge in [0.15, 0.2) is 0 Å². The number of halogens is 1. The molecule has 0 heterocycles. The number of hydrogen-bond donors (Lipinski definition) is 0. The molecule has 0 aromatic rings. The molecule has 0 aliphatic carbocycles. The van der Waals surface area contributed by atoms with E-state index in [4.69, 9.17) is 19.2 Å². The fraction of sp³-hybridized carbons (Fsp3) is 0. The van der Waals surface area contributed by atoms with Crippen LogP contribution < -0.4 is 66.1 Å². The molecule has 8 heavy (non-hydrogen) atoms. The predicted octanol–water partition coefficient (Wildman–Crippen LogP) is -5.67. The Bertz CT molecular complexity index is 62.2. The molecule has 0 unspecified atom stereocenters. The zero-order valence-corrected chi connectivity index (χ0v) is 8.81. The Labute approximate surface area is 98.0 Å². The zero-order chi connectivity index (χ0) is 4.50. The van der Waals surface area contributed by atoms with Crippen LogP contribution in [0.5, 0.6) is 0 Å². The van der Waals surface area contributed by atoms with Gasteiger partial charge in [0.1, 0.15) is 0 Å². The maximum atomic E-state index is 8.55. The van der Waals surface area contributed by atoms with Crippen LogP contribution in [0.3, 0.4) is 0 Å². The van der Waals surface area contributed by atoms with Crippen molar-refractivity contribution in [3.05, 3.63) is 0 Å². The minimum atomic E-state index is -5.39. The molecule has 0 atom stereocenters. The molecule has 0 N–H and O–H groups in total. The number of rotatable bonds is 0. The summed E-state index contributed by atoms with van der Waals surface area (Å²) in [5.41, 5.74) is 0. The van der Waals surface area contributed by atoms with E-state index in [1.165, 1.54) is 0 Å². The minimum Gasteiger partial charge on any atom is -0.822 e. The van der Waals surface area contributed by atoms with Gasteiger partial charge in [0.2, 0.25) is 0 Å². The monoisotopic (exact) mass is 212 g/mol. The molecule has 0 aromatic heterocycles. The van der Waals surface area contributed by atoms with Gasteiger partial charge < -0.3 is 19.2 Å². The maximum absolute atomic E-state index is 8.55. The van der Waals surface area contributed by atoms with E-state index in [0.29, 0.717) is 0 Å². The third kappa shape index (κ3) is 89.2. The van der Waals surface area contributed by atoms with E-state index in [9.17, 15) is 0 Å². The molecule has 0 bridgehead atoms. The summed E-state index contributed by atoms with van der Waals surface area (Å²) >= 11 is 0. The van der Waals surface area contributed by atoms with Crippen molar-refractivity contribution in [2.75, 3.05) is 0 Å². The summed E-state index contributed by atoms with van der Waals surface area (Å²) in [6.07, 6.45) is 0. The molecule has 4 nitrogen and oxygen atoms in total. The second-order valence-electron chi connectivity index (χ2n) is 0.447. The molecule has 0 aromatic carbocycles. The first-order valence-electron chi connectivity index (χ1n) is 0.730. The van der Waals surface area contributed by atoms with Crippen molar-refractivity contribution in [1.29, 1.82) is 0 Å². The smallest absolute Gasteiger partial charge is 0.822 e. The van der Waals surface area contributed by atoms with Crippen LogP contribution in [-0.2, 0) is 21.1 Å². The Hall–Kier alpha value is 2.17. The van der Waals surface area contributed by atoms with Crippen LogP contribution in [-0.4, -0.2) is 0 Å². The van der Waals surface area contributed by atoms with Crippen LogP contribution in [0.15, 0.2) is 0 Å². The van der Waals surface area contributed by atoms with Crippen LogP contribution >= 0.6 is 7.82 Å². The molecule has 0 saturated carbocycles. The van der Waals surface area contributed by atoms with E-state index in [1.54, 1.807) is 0 Å². The van der Waals surface area contributed by atoms with E-state index < -0.39 is 7.82 Å². The van der Waals surface area contributed by atoms with Crippen LogP contribution in [0, 0.1) is 0 Å². The SMILES string of the molecule is F.O=P([O-])([O-])[O-].[K+].[Ni+2]. The van der Waals surface area contributed by atoms with Gasteiger partial charge in [0, 0.05) is 0 Å². The Morgan fingerprint density at radius 1 is 1.12 bits per heavy atom. The van der Waals surface area contributed by atoms with E-state index in [-0.39, 0.29) is 72.6 Å². The third-order valence-corrected chi connectivity index (χ3v) is 0. The molecule has 8 heteroatoms. The summed E-state index contributed by atoms with van der Waals surface area (Å²) in [7, 11) is -5.39. The fourth-order valence-corrected chi connectivity index (χ4v) is 0. The van der Waals surface area contributed by atoms with Gasteiger partial charge in [-0.1, -0.05) is 0 Å². The standard InChI is InChI=1S/FH.K.Ni.H3O4P/c;;;1-5(2,3)4/h1H;;;(H3,1,2,3,4)/q;+1;+2;/p-3. The van der Waals surface area contributed by atoms with Crippen molar-refractivity contribution in [2.45, 2.75) is 0 Å². The average molecular weight is 213 g/mol. The summed E-state index contributed by atoms with van der Waals surface area (Å²) < 4.78 is 8.55. The zero-order valence-electron chi connectivity index (χ0n) is 3.80. The van der Waals surface area contributed by atoms with E-state index >= 15 is 0 Å². The van der Waals surface area contributed by atoms with Gasteiger partial charge in [-0.2, -0.15) is 7.82 Å². The van der Waals surface area contributed by atoms with Crippen molar-refractivity contribution in [1.82, 2.24) is 0 Å². The quantitative estimate of drug-likeness (QED) is 0.296. The van der Waals surface area contributed by atoms with E-state index in [1.807, 2.05) is 0 Å². The van der Waals surface area contributed by atoms with Crippen LogP contribution in [0.25, 0.3) is 0 Å². The van der Waals surface area contributed by atoms with Crippen molar-refractivity contribution >= 4 is 7.82 Å². The van der Waals surface area contributed by atoms with Crippen molar-refractivity contribution in [3.8, 4) is 0 Å². The van der Waals surface area contributed by atoms with Crippen LogP contribution in [0.1, 0.15) is 0 Å². The molecule has 0 fully saturated rings. The third-order valence-electron chi connectivity index (χ3n) is 0. The van der Waals surface area contributed by atoms with E-state index in [2.05, 4.69) is 0 Å². The molecular weight excluding hydrogens is 212 g/mol. The fourth-order valence-electron chi connectivity index (χ4n) is 0. The van der Waals surface area contributed by atoms with Gasteiger partial charge >= 0.3 is 67.9 Å². The molecular formula is HFKNiO4P. The van der Waals surface area contributed by atoms with Crippen molar-refractivity contribution < 1.29 is 91.8 Å². The molecule has 0 radical (unpaired) electrons. The summed E-state index contributed by atoms with van der Waals surface area (Å²) in [5.74, 6) is 0. The summed E-state index contributed by atoms with van der Waals surface area (Å²) in [4.78, 5) is 25.6. The minimum absolute atomic E-state index is 0. The Kier molecular flexibility index (Phi) is 25.7. The molecule has 0 rings (SSSR count). The van der Waals surface area contributed by atoms with Gasteiger partial charge in [0.25, 0.3) is 0 Å². The van der Waals surface area contributed by atoms with Gasteiger partial charge in [-0.3, -0.25) is 4.70 Å². The normalized spacial score (nSPS) is 7.38. The molecule has 0 aliphatic rings. The molecule has 0 amide bonds. The maximum Gasteiger partial charge on any atom is 2.00 e. The van der Waals surface area contributed by atoms with Gasteiger partial charge in [0.05, 0.1) is 0 Å². The number of phosphoric acid groups is 1. The Morgan fingerprint density at radius 2 is 1.12 bits per heavy atom. The van der Waals surface area contributed by atoms with E-state index in [0.717, 1.165) is 0 Å². The Morgan fingerprint density at radius 3 is 1.12 bits per heavy atom. The average Bonchev–Trinajstić information content (AvgIpc) is 0.722. The largest absolute Gasteiger partial charge is 2.00 e. The first kappa shape index (κ1) is 22.5. The topological polar surface area (TPSA) is 86.2 Å². The molecule has 48 valence electrons. The molecule has 0 aliphatic heterocycles. The number of hydrogen-bond acceptors (Lipinski definition) is 4. The molecule has 0 spiro atoms. The van der Waals surface area contributed by atoms with Gasteiger partial charge in [-0.15, -0.1) is 0 Å². The van der Waals surface area contributed by atoms with Crippen molar-refractivity contribution in [3.63, 3.8) is 0 Å². The summed E-state index contributed by atoms with van der Waals surface area (Å²) in [6.45, 7) is 0. The summed E-state index contributed by atoms with van der Waals surface area (Å²) in [6, 6.07) is 0. The van der Waals surface area contributed by atoms with Gasteiger partial charge in [-0.25, -0.2) is 0 Å². The van der Waals surface area contributed by atoms with Crippen molar-refractivity contribution in [2.24, 2.45) is 0 Å². The first-order chi connectivity index (χ1) is 2.00. The second kappa shape index (κ2) is 9.17. The van der Waals surface area contributed by atoms with Gasteiger partial charge in [-0.05, 0) is 0 Å². The molecule has 0 saturated heterocycles. The van der Waals surface area contributed by atoms with Crippen LogP contribution in [0.4, 0.5) is 4.70 Å².